The number of piperidine rings is 1. The highest BCUT2D eigenvalue weighted by molar-refractivity contribution is 5.76. The molecule has 178 valence electrons. The number of β-amino-alcohol motifs (C(OH)–C–C–N with tert-alkyl or cyclic N) is 1. The summed E-state index contributed by atoms with van der Waals surface area (Å²) >= 11 is 0. The Hall–Kier alpha value is -1.47. The van der Waals surface area contributed by atoms with Crippen molar-refractivity contribution < 1.29 is 19.4 Å². The first-order chi connectivity index (χ1) is 15.4. The molecule has 4 rings (SSSR count). The van der Waals surface area contributed by atoms with Crippen LogP contribution in [0.1, 0.15) is 45.1 Å². The zero-order chi connectivity index (χ0) is 22.6. The summed E-state index contributed by atoms with van der Waals surface area (Å²) in [5, 5.41) is 11.0. The number of fused-ring (bicyclic) bond motifs is 1. The van der Waals surface area contributed by atoms with Crippen LogP contribution in [-0.2, 0) is 20.8 Å². The summed E-state index contributed by atoms with van der Waals surface area (Å²) in [7, 11) is 0. The zero-order valence-electron chi connectivity index (χ0n) is 19.7. The summed E-state index contributed by atoms with van der Waals surface area (Å²) in [5.74, 6) is 1.07. The molecule has 1 N–H and O–H groups in total. The molecule has 3 aliphatic rings. The lowest BCUT2D eigenvalue weighted by atomic mass is 9.79. The quantitative estimate of drug-likeness (QED) is 0.777. The summed E-state index contributed by atoms with van der Waals surface area (Å²) in [6.45, 7) is 9.95. The van der Waals surface area contributed by atoms with E-state index in [2.05, 4.69) is 17.0 Å². The predicted molar refractivity (Wildman–Crippen MR) is 124 cm³/mol. The van der Waals surface area contributed by atoms with Crippen LogP contribution in [-0.4, -0.2) is 79.0 Å². The normalized spacial score (nSPS) is 31.0. The Morgan fingerprint density at radius 1 is 1.06 bits per heavy atom. The number of rotatable bonds is 3. The van der Waals surface area contributed by atoms with E-state index in [0.29, 0.717) is 50.6 Å². The molecule has 3 aliphatic heterocycles. The number of aliphatic hydroxyl groups excluding tert-OH is 1. The van der Waals surface area contributed by atoms with Crippen LogP contribution in [0.2, 0.25) is 0 Å². The van der Waals surface area contributed by atoms with E-state index in [-0.39, 0.29) is 5.91 Å². The van der Waals surface area contributed by atoms with E-state index >= 15 is 0 Å². The van der Waals surface area contributed by atoms with Crippen LogP contribution >= 0.6 is 0 Å². The molecule has 0 spiro atoms. The van der Waals surface area contributed by atoms with Gasteiger partial charge in [-0.3, -0.25) is 9.69 Å². The summed E-state index contributed by atoms with van der Waals surface area (Å²) in [4.78, 5) is 18.0. The van der Waals surface area contributed by atoms with Gasteiger partial charge in [0.25, 0.3) is 0 Å². The molecular weight excluding hydrogens is 404 g/mol. The fourth-order valence-corrected chi connectivity index (χ4v) is 5.22. The molecule has 6 nitrogen and oxygen atoms in total. The zero-order valence-corrected chi connectivity index (χ0v) is 19.7. The second-order valence-electron chi connectivity index (χ2n) is 10.7. The van der Waals surface area contributed by atoms with E-state index < -0.39 is 11.5 Å². The molecule has 3 fully saturated rings. The molecule has 6 heteroatoms. The van der Waals surface area contributed by atoms with E-state index in [4.69, 9.17) is 9.47 Å². The standard InChI is InChI=1S/C26H40N2O4/c1-26(2)19-31-12-6-9-22-15-27(23-17-32-18-23)11-10-21(22)13-25(30)28(16-24(26)29)14-20-7-4-3-5-8-20/h3-5,7-8,21-24,29H,6,9-19H2,1-2H3/t21-,22-,24-/m0/s1. The lowest BCUT2D eigenvalue weighted by Gasteiger charge is -2.45. The molecule has 0 saturated carbocycles. The molecular formula is C26H40N2O4. The molecule has 3 saturated heterocycles. The summed E-state index contributed by atoms with van der Waals surface area (Å²) < 4.78 is 11.4. The van der Waals surface area contributed by atoms with E-state index in [1.165, 1.54) is 0 Å². The summed E-state index contributed by atoms with van der Waals surface area (Å²) in [5.41, 5.74) is 0.694. The molecule has 3 heterocycles. The molecule has 1 amide bonds. The largest absolute Gasteiger partial charge is 0.391 e. The number of ether oxygens (including phenoxy) is 2. The lowest BCUT2D eigenvalue weighted by molar-refractivity contribution is -0.137. The van der Waals surface area contributed by atoms with Gasteiger partial charge in [0.15, 0.2) is 0 Å². The average molecular weight is 445 g/mol. The first-order valence-electron chi connectivity index (χ1n) is 12.3. The van der Waals surface area contributed by atoms with Crippen LogP contribution in [0.5, 0.6) is 0 Å². The molecule has 0 aliphatic carbocycles. The average Bonchev–Trinajstić information content (AvgIpc) is 2.74. The molecule has 32 heavy (non-hydrogen) atoms. The Morgan fingerprint density at radius 3 is 2.56 bits per heavy atom. The van der Waals surface area contributed by atoms with Gasteiger partial charge >= 0.3 is 0 Å². The van der Waals surface area contributed by atoms with Crippen LogP contribution in [0.25, 0.3) is 0 Å². The van der Waals surface area contributed by atoms with Crippen LogP contribution in [0.4, 0.5) is 0 Å². The summed E-state index contributed by atoms with van der Waals surface area (Å²) in [6.07, 6.45) is 3.09. The van der Waals surface area contributed by atoms with E-state index in [9.17, 15) is 9.90 Å². The van der Waals surface area contributed by atoms with Crippen molar-refractivity contribution in [3.8, 4) is 0 Å². The number of hydrogen-bond acceptors (Lipinski definition) is 5. The highest BCUT2D eigenvalue weighted by Gasteiger charge is 2.37. The van der Waals surface area contributed by atoms with Gasteiger partial charge in [0.1, 0.15) is 0 Å². The third kappa shape index (κ3) is 5.90. The fourth-order valence-electron chi connectivity index (χ4n) is 5.22. The molecule has 0 radical (unpaired) electrons. The highest BCUT2D eigenvalue weighted by Crippen LogP contribution is 2.33. The van der Waals surface area contributed by atoms with Crippen LogP contribution in [0, 0.1) is 17.3 Å². The fraction of sp³-hybridized carbons (Fsp3) is 0.731. The Bertz CT molecular complexity index is 737. The lowest BCUT2D eigenvalue weighted by Crippen LogP contribution is -2.54. The second kappa shape index (κ2) is 10.6. The van der Waals surface area contributed by atoms with Gasteiger partial charge in [0, 0.05) is 38.1 Å². The first-order valence-corrected chi connectivity index (χ1v) is 12.3. The van der Waals surface area contributed by atoms with Gasteiger partial charge in [0.2, 0.25) is 5.91 Å². The monoisotopic (exact) mass is 444 g/mol. The van der Waals surface area contributed by atoms with Crippen molar-refractivity contribution in [3.05, 3.63) is 35.9 Å². The van der Waals surface area contributed by atoms with Gasteiger partial charge in [-0.05, 0) is 43.2 Å². The molecule has 1 aromatic carbocycles. The Labute approximate surface area is 192 Å². The minimum absolute atomic E-state index is 0.166. The third-order valence-corrected chi connectivity index (χ3v) is 7.70. The maximum Gasteiger partial charge on any atom is 0.223 e. The van der Waals surface area contributed by atoms with Gasteiger partial charge in [-0.15, -0.1) is 0 Å². The highest BCUT2D eigenvalue weighted by atomic mass is 16.5. The topological polar surface area (TPSA) is 62.2 Å². The molecule has 1 aromatic rings. The van der Waals surface area contributed by atoms with Crippen molar-refractivity contribution in [2.45, 2.75) is 58.2 Å². The smallest absolute Gasteiger partial charge is 0.223 e. The second-order valence-corrected chi connectivity index (χ2v) is 10.7. The number of amides is 1. The molecule has 0 aromatic heterocycles. The summed E-state index contributed by atoms with van der Waals surface area (Å²) in [6, 6.07) is 10.7. The molecule has 3 atom stereocenters. The van der Waals surface area contributed by atoms with Crippen molar-refractivity contribution >= 4 is 5.91 Å². The van der Waals surface area contributed by atoms with Crippen molar-refractivity contribution in [2.24, 2.45) is 17.3 Å². The maximum atomic E-state index is 13.6. The molecule has 0 bridgehead atoms. The Balaban J connectivity index is 1.51. The predicted octanol–water partition coefficient (Wildman–Crippen LogP) is 2.94. The van der Waals surface area contributed by atoms with Gasteiger partial charge < -0.3 is 19.5 Å². The van der Waals surface area contributed by atoms with Crippen LogP contribution in [0.3, 0.4) is 0 Å². The van der Waals surface area contributed by atoms with Gasteiger partial charge in [-0.25, -0.2) is 0 Å². The number of benzene rings is 1. The Kier molecular flexibility index (Phi) is 7.87. The van der Waals surface area contributed by atoms with Gasteiger partial charge in [-0.1, -0.05) is 44.2 Å². The minimum atomic E-state index is -0.632. The number of carbonyl (C=O) groups excluding carboxylic acids is 1. The van der Waals surface area contributed by atoms with Gasteiger partial charge in [0.05, 0.1) is 32.0 Å². The number of carbonyl (C=O) groups is 1. The number of hydrogen-bond donors (Lipinski definition) is 1. The number of aliphatic hydroxyl groups is 1. The SMILES string of the molecule is CC1(C)COCCC[C@H]2CN(C3COC3)CC[C@H]2CC(=O)N(Cc2ccccc2)C[C@@H]1O. The maximum absolute atomic E-state index is 13.6. The van der Waals surface area contributed by atoms with Crippen LogP contribution in [0.15, 0.2) is 30.3 Å². The van der Waals surface area contributed by atoms with Crippen molar-refractivity contribution in [2.75, 3.05) is 46.1 Å². The van der Waals surface area contributed by atoms with E-state index in [1.807, 2.05) is 36.9 Å². The first kappa shape index (κ1) is 23.7. The number of nitrogens with zero attached hydrogens (tertiary/aromatic N) is 2. The number of likely N-dealkylation sites (tertiary alicyclic amines) is 1. The Morgan fingerprint density at radius 2 is 1.84 bits per heavy atom. The van der Waals surface area contributed by atoms with Gasteiger partial charge in [-0.2, -0.15) is 0 Å². The van der Waals surface area contributed by atoms with Crippen molar-refractivity contribution in [3.63, 3.8) is 0 Å². The molecule has 0 unspecified atom stereocenters. The minimum Gasteiger partial charge on any atom is -0.391 e. The van der Waals surface area contributed by atoms with E-state index in [1.54, 1.807) is 0 Å². The van der Waals surface area contributed by atoms with E-state index in [0.717, 1.165) is 51.1 Å². The van der Waals surface area contributed by atoms with Crippen LogP contribution < -0.4 is 0 Å². The van der Waals surface area contributed by atoms with Crippen molar-refractivity contribution in [1.29, 1.82) is 0 Å². The third-order valence-electron chi connectivity index (χ3n) is 7.70. The van der Waals surface area contributed by atoms with Crippen molar-refractivity contribution in [1.82, 2.24) is 9.80 Å².